The second-order valence-corrected chi connectivity index (χ2v) is 9.66. The van der Waals surface area contributed by atoms with Crippen molar-refractivity contribution in [2.75, 3.05) is 26.2 Å². The number of para-hydroxylation sites is 1. The molecule has 0 amide bonds. The van der Waals surface area contributed by atoms with Crippen molar-refractivity contribution in [2.24, 2.45) is 5.92 Å². The number of likely N-dealkylation sites (tertiary alicyclic amines) is 2. The highest BCUT2D eigenvalue weighted by atomic mass is 16.1. The van der Waals surface area contributed by atoms with E-state index in [1.807, 2.05) is 6.20 Å². The van der Waals surface area contributed by atoms with Crippen LogP contribution in [0, 0.1) is 5.92 Å². The lowest BCUT2D eigenvalue weighted by molar-refractivity contribution is 0.114. The molecule has 1 aromatic carbocycles. The van der Waals surface area contributed by atoms with Crippen molar-refractivity contribution in [3.8, 4) is 0 Å². The Morgan fingerprint density at radius 1 is 0.871 bits per heavy atom. The largest absolute Gasteiger partial charge is 0.312 e. The number of pyridine rings is 2. The van der Waals surface area contributed by atoms with Crippen molar-refractivity contribution in [3.05, 3.63) is 75.8 Å². The van der Waals surface area contributed by atoms with Crippen molar-refractivity contribution in [1.29, 1.82) is 0 Å². The van der Waals surface area contributed by atoms with Crippen LogP contribution in [0.25, 0.3) is 10.9 Å². The summed E-state index contributed by atoms with van der Waals surface area (Å²) in [5.41, 5.74) is 4.90. The number of hydrogen-bond acceptors (Lipinski definition) is 4. The van der Waals surface area contributed by atoms with Crippen LogP contribution in [0.1, 0.15) is 42.0 Å². The van der Waals surface area contributed by atoms with Gasteiger partial charge in [-0.25, -0.2) is 0 Å². The number of aromatic nitrogens is 2. The molecule has 0 unspecified atom stereocenters. The molecule has 2 atom stereocenters. The topological polar surface area (TPSA) is 41.4 Å². The van der Waals surface area contributed by atoms with Crippen molar-refractivity contribution in [3.63, 3.8) is 0 Å². The quantitative estimate of drug-likeness (QED) is 0.654. The Bertz CT molecular complexity index is 1160. The van der Waals surface area contributed by atoms with Gasteiger partial charge in [-0.15, -0.1) is 0 Å². The number of piperidine rings is 1. The first-order chi connectivity index (χ1) is 15.2. The third kappa shape index (κ3) is 3.60. The van der Waals surface area contributed by atoms with Crippen LogP contribution in [-0.4, -0.2) is 45.5 Å². The summed E-state index contributed by atoms with van der Waals surface area (Å²) in [6, 6.07) is 14.9. The van der Waals surface area contributed by atoms with Gasteiger partial charge in [-0.1, -0.05) is 24.3 Å². The summed E-state index contributed by atoms with van der Waals surface area (Å²) < 4.78 is 2.11. The SMILES string of the molecule is O=c1c(CN2CCCC2)ccc2n1C[C@H]1C[C@@H]2CN(Cc2ccnc3ccccc23)C1. The molecule has 3 aliphatic rings. The average Bonchev–Trinajstić information content (AvgIpc) is 3.30. The fourth-order valence-corrected chi connectivity index (χ4v) is 6.06. The number of hydrogen-bond donors (Lipinski definition) is 0. The minimum absolute atomic E-state index is 0.257. The van der Waals surface area contributed by atoms with Crippen LogP contribution in [0.4, 0.5) is 0 Å². The van der Waals surface area contributed by atoms with Crippen LogP contribution in [0.2, 0.25) is 0 Å². The van der Waals surface area contributed by atoms with Crippen LogP contribution < -0.4 is 5.56 Å². The van der Waals surface area contributed by atoms with E-state index >= 15 is 0 Å². The van der Waals surface area contributed by atoms with E-state index in [0.717, 1.165) is 56.9 Å². The summed E-state index contributed by atoms with van der Waals surface area (Å²) >= 11 is 0. The molecule has 2 bridgehead atoms. The zero-order valence-electron chi connectivity index (χ0n) is 18.0. The summed E-state index contributed by atoms with van der Waals surface area (Å²) in [5.74, 6) is 1.01. The van der Waals surface area contributed by atoms with E-state index in [-0.39, 0.29) is 5.56 Å². The van der Waals surface area contributed by atoms with Crippen molar-refractivity contribution >= 4 is 10.9 Å². The molecule has 2 saturated heterocycles. The van der Waals surface area contributed by atoms with Gasteiger partial charge >= 0.3 is 0 Å². The van der Waals surface area contributed by atoms with E-state index in [1.54, 1.807) is 0 Å². The lowest BCUT2D eigenvalue weighted by atomic mass is 9.82. The molecular formula is C26H30N4O. The predicted molar refractivity (Wildman–Crippen MR) is 123 cm³/mol. The first-order valence-electron chi connectivity index (χ1n) is 11.7. The zero-order valence-corrected chi connectivity index (χ0v) is 18.0. The van der Waals surface area contributed by atoms with Crippen LogP contribution in [0.5, 0.6) is 0 Å². The van der Waals surface area contributed by atoms with E-state index in [0.29, 0.717) is 11.8 Å². The Kier molecular flexibility index (Phi) is 4.88. The normalized spacial score (nSPS) is 23.9. The summed E-state index contributed by atoms with van der Waals surface area (Å²) in [5, 5.41) is 1.25. The molecule has 0 aliphatic carbocycles. The Labute approximate surface area is 183 Å². The Morgan fingerprint density at radius 2 is 1.71 bits per heavy atom. The highest BCUT2D eigenvalue weighted by Gasteiger charge is 2.35. The van der Waals surface area contributed by atoms with Gasteiger partial charge in [-0.2, -0.15) is 0 Å². The third-order valence-corrected chi connectivity index (χ3v) is 7.48. The van der Waals surface area contributed by atoms with E-state index in [2.05, 4.69) is 61.8 Å². The van der Waals surface area contributed by atoms with Crippen LogP contribution in [0.15, 0.2) is 53.5 Å². The first-order valence-corrected chi connectivity index (χ1v) is 11.7. The van der Waals surface area contributed by atoms with Crippen molar-refractivity contribution in [1.82, 2.24) is 19.4 Å². The Balaban J connectivity index is 1.24. The number of benzene rings is 1. The predicted octanol–water partition coefficient (Wildman–Crippen LogP) is 3.61. The molecule has 0 N–H and O–H groups in total. The van der Waals surface area contributed by atoms with Crippen LogP contribution in [-0.2, 0) is 19.6 Å². The average molecular weight is 415 g/mol. The van der Waals surface area contributed by atoms with Crippen molar-refractivity contribution in [2.45, 2.75) is 44.8 Å². The van der Waals surface area contributed by atoms with Crippen LogP contribution in [0.3, 0.4) is 0 Å². The van der Waals surface area contributed by atoms with E-state index in [4.69, 9.17) is 0 Å². The third-order valence-electron chi connectivity index (χ3n) is 7.48. The van der Waals surface area contributed by atoms with Gasteiger partial charge in [0, 0.05) is 61.5 Å². The molecule has 3 aromatic rings. The molecule has 5 nitrogen and oxygen atoms in total. The van der Waals surface area contributed by atoms with Gasteiger partial charge in [0.05, 0.1) is 5.52 Å². The monoisotopic (exact) mass is 414 g/mol. The molecule has 2 aromatic heterocycles. The molecule has 160 valence electrons. The van der Waals surface area contributed by atoms with Gasteiger partial charge in [0.2, 0.25) is 0 Å². The van der Waals surface area contributed by atoms with Gasteiger partial charge in [-0.05, 0) is 62.0 Å². The molecule has 0 spiro atoms. The second-order valence-electron chi connectivity index (χ2n) is 9.66. The highest BCUT2D eigenvalue weighted by molar-refractivity contribution is 5.81. The summed E-state index contributed by atoms with van der Waals surface area (Å²) in [4.78, 5) is 22.8. The standard InChI is InChI=1S/C26H30N4O/c31-26-21(17-28-11-3-4-12-28)7-8-25-22-13-19(15-30(25)26)14-29(18-22)16-20-9-10-27-24-6-2-1-5-23(20)24/h1-2,5-10,19,22H,3-4,11-18H2/t19-,22+/m0/s1. The van der Waals surface area contributed by atoms with E-state index in [1.165, 1.54) is 35.9 Å². The van der Waals surface area contributed by atoms with Crippen molar-refractivity contribution < 1.29 is 0 Å². The second kappa shape index (κ2) is 7.88. The molecule has 0 radical (unpaired) electrons. The minimum Gasteiger partial charge on any atom is -0.312 e. The Morgan fingerprint density at radius 3 is 2.61 bits per heavy atom. The molecule has 31 heavy (non-hydrogen) atoms. The minimum atomic E-state index is 0.257. The number of nitrogens with zero attached hydrogens (tertiary/aromatic N) is 4. The molecule has 0 saturated carbocycles. The van der Waals surface area contributed by atoms with Gasteiger partial charge in [0.25, 0.3) is 5.56 Å². The summed E-state index contributed by atoms with van der Waals surface area (Å²) in [6.45, 7) is 6.98. The van der Waals surface area contributed by atoms with Gasteiger partial charge < -0.3 is 4.57 Å². The van der Waals surface area contributed by atoms with Gasteiger partial charge in [-0.3, -0.25) is 19.6 Å². The van der Waals surface area contributed by atoms with Gasteiger partial charge in [0.1, 0.15) is 0 Å². The molecule has 5 heterocycles. The maximum atomic E-state index is 13.3. The van der Waals surface area contributed by atoms with Crippen LogP contribution >= 0.6 is 0 Å². The molecule has 2 fully saturated rings. The Hall–Kier alpha value is -2.50. The molecule has 5 heteroatoms. The fraction of sp³-hybridized carbons (Fsp3) is 0.462. The fourth-order valence-electron chi connectivity index (χ4n) is 6.06. The molecule has 3 aliphatic heterocycles. The lowest BCUT2D eigenvalue weighted by Crippen LogP contribution is -2.47. The highest BCUT2D eigenvalue weighted by Crippen LogP contribution is 2.36. The first kappa shape index (κ1) is 19.2. The smallest absolute Gasteiger partial charge is 0.255 e. The van der Waals surface area contributed by atoms with Gasteiger partial charge in [0.15, 0.2) is 0 Å². The zero-order chi connectivity index (χ0) is 20.8. The maximum absolute atomic E-state index is 13.3. The number of fused-ring (bicyclic) bond motifs is 5. The number of rotatable bonds is 4. The summed E-state index contributed by atoms with van der Waals surface area (Å²) in [6.07, 6.45) is 5.66. The van der Waals surface area contributed by atoms with E-state index in [9.17, 15) is 4.79 Å². The lowest BCUT2D eigenvalue weighted by Gasteiger charge is -2.43. The maximum Gasteiger partial charge on any atom is 0.255 e. The van der Waals surface area contributed by atoms with E-state index < -0.39 is 0 Å². The summed E-state index contributed by atoms with van der Waals surface area (Å²) in [7, 11) is 0. The molecular weight excluding hydrogens is 384 g/mol. The molecule has 6 rings (SSSR count).